The van der Waals surface area contributed by atoms with Gasteiger partial charge in [-0.05, 0) is 64.7 Å². The maximum Gasteiger partial charge on any atom is 0.235 e. The predicted molar refractivity (Wildman–Crippen MR) is 232 cm³/mol. The Morgan fingerprint density at radius 3 is 1.14 bits per heavy atom. The summed E-state index contributed by atoms with van der Waals surface area (Å²) in [6.45, 7) is 0. The molecule has 262 valence electrons. The van der Waals surface area contributed by atoms with Crippen LogP contribution in [0.1, 0.15) is 0 Å². The zero-order valence-electron chi connectivity index (χ0n) is 30.4. The fourth-order valence-corrected chi connectivity index (χ4v) is 8.26. The third-order valence-corrected chi connectivity index (χ3v) is 11.0. The molecule has 0 aliphatic carbocycles. The van der Waals surface area contributed by atoms with Gasteiger partial charge in [0.2, 0.25) is 5.95 Å². The second-order valence-corrected chi connectivity index (χ2v) is 14.3. The molecule has 0 spiro atoms. The van der Waals surface area contributed by atoms with E-state index >= 15 is 0 Å². The third-order valence-electron chi connectivity index (χ3n) is 11.0. The van der Waals surface area contributed by atoms with Crippen molar-refractivity contribution in [1.82, 2.24) is 19.1 Å². The van der Waals surface area contributed by atoms with Crippen LogP contribution in [-0.4, -0.2) is 19.1 Å². The first kappa shape index (κ1) is 31.9. The summed E-state index contributed by atoms with van der Waals surface area (Å²) in [7, 11) is 0. The van der Waals surface area contributed by atoms with Crippen molar-refractivity contribution in [2.75, 3.05) is 0 Å². The van der Waals surface area contributed by atoms with E-state index in [1.165, 1.54) is 44.1 Å². The molecule has 3 heterocycles. The molecule has 0 radical (unpaired) electrons. The van der Waals surface area contributed by atoms with Crippen molar-refractivity contribution in [2.45, 2.75) is 0 Å². The van der Waals surface area contributed by atoms with E-state index < -0.39 is 0 Å². The molecule has 0 amide bonds. The Kier molecular flexibility index (Phi) is 7.46. The van der Waals surface area contributed by atoms with Gasteiger partial charge in [-0.25, -0.2) is 9.97 Å². The van der Waals surface area contributed by atoms with Crippen molar-refractivity contribution in [2.24, 2.45) is 0 Å². The number of rotatable bonds is 6. The molecule has 0 saturated carbocycles. The lowest BCUT2D eigenvalue weighted by atomic mass is 10.0. The first-order valence-corrected chi connectivity index (χ1v) is 19.0. The van der Waals surface area contributed by atoms with Gasteiger partial charge in [-0.2, -0.15) is 0 Å². The van der Waals surface area contributed by atoms with E-state index in [9.17, 15) is 0 Å². The lowest BCUT2D eigenvalue weighted by molar-refractivity contribution is 0.996. The Bertz CT molecular complexity index is 3100. The highest BCUT2D eigenvalue weighted by molar-refractivity contribution is 6.19. The minimum Gasteiger partial charge on any atom is -0.309 e. The SMILES string of the molecule is c1ccc(-c2ccc(-c3cc(-c4ccc(-c5ccccc5)cc4)nc(-n4c5ccccc5c5cc6c(cc54)c4ccccc4n6-c4ccccc4)n3)cc2)cc1. The lowest BCUT2D eigenvalue weighted by Crippen LogP contribution is -2.04. The molecule has 0 fully saturated rings. The maximum absolute atomic E-state index is 5.38. The van der Waals surface area contributed by atoms with E-state index in [1.807, 2.05) is 0 Å². The predicted octanol–water partition coefficient (Wildman–Crippen LogP) is 13.3. The lowest BCUT2D eigenvalue weighted by Gasteiger charge is -2.13. The number of fused-ring (bicyclic) bond motifs is 6. The fraction of sp³-hybridized carbons (Fsp3) is 0. The van der Waals surface area contributed by atoms with Gasteiger partial charge in [0.05, 0.1) is 33.5 Å². The molecule has 11 aromatic rings. The quantitative estimate of drug-likeness (QED) is 0.172. The van der Waals surface area contributed by atoms with Gasteiger partial charge in [0.15, 0.2) is 0 Å². The molecule has 0 aliphatic heterocycles. The van der Waals surface area contributed by atoms with Crippen LogP contribution in [0.4, 0.5) is 0 Å². The number of nitrogens with zero attached hydrogens (tertiary/aromatic N) is 4. The molecule has 0 unspecified atom stereocenters. The highest BCUT2D eigenvalue weighted by atomic mass is 15.2. The molecule has 56 heavy (non-hydrogen) atoms. The molecule has 0 N–H and O–H groups in total. The maximum atomic E-state index is 5.38. The molecule has 3 aromatic heterocycles. The molecule has 4 nitrogen and oxygen atoms in total. The van der Waals surface area contributed by atoms with Gasteiger partial charge in [-0.1, -0.05) is 164 Å². The van der Waals surface area contributed by atoms with Crippen LogP contribution in [0, 0.1) is 0 Å². The molecule has 0 bridgehead atoms. The van der Waals surface area contributed by atoms with Gasteiger partial charge in [0.25, 0.3) is 0 Å². The van der Waals surface area contributed by atoms with Crippen molar-refractivity contribution < 1.29 is 0 Å². The average Bonchev–Trinajstić information content (AvgIpc) is 3.78. The zero-order valence-corrected chi connectivity index (χ0v) is 30.4. The van der Waals surface area contributed by atoms with E-state index in [-0.39, 0.29) is 0 Å². The summed E-state index contributed by atoms with van der Waals surface area (Å²) in [5.41, 5.74) is 14.1. The fourth-order valence-electron chi connectivity index (χ4n) is 8.26. The van der Waals surface area contributed by atoms with Crippen molar-refractivity contribution >= 4 is 43.6 Å². The summed E-state index contributed by atoms with van der Waals surface area (Å²) in [4.78, 5) is 10.8. The van der Waals surface area contributed by atoms with Gasteiger partial charge in [-0.3, -0.25) is 4.57 Å². The van der Waals surface area contributed by atoms with E-state index in [4.69, 9.17) is 9.97 Å². The molecular formula is C52H34N4. The van der Waals surface area contributed by atoms with Crippen molar-refractivity contribution in [3.63, 3.8) is 0 Å². The van der Waals surface area contributed by atoms with E-state index in [0.717, 1.165) is 50.0 Å². The second kappa shape index (κ2) is 13.1. The molecule has 4 heteroatoms. The number of hydrogen-bond acceptors (Lipinski definition) is 2. The van der Waals surface area contributed by atoms with Crippen molar-refractivity contribution in [3.05, 3.63) is 206 Å². The number of aromatic nitrogens is 4. The average molecular weight is 715 g/mol. The van der Waals surface area contributed by atoms with Crippen LogP contribution in [0.25, 0.3) is 100 Å². The summed E-state index contributed by atoms with van der Waals surface area (Å²) in [5, 5.41) is 4.70. The van der Waals surface area contributed by atoms with Gasteiger partial charge in [0, 0.05) is 38.4 Å². The monoisotopic (exact) mass is 714 g/mol. The van der Waals surface area contributed by atoms with Crippen LogP contribution in [0.2, 0.25) is 0 Å². The molecule has 0 aliphatic rings. The largest absolute Gasteiger partial charge is 0.309 e. The topological polar surface area (TPSA) is 35.6 Å². The van der Waals surface area contributed by atoms with Crippen LogP contribution in [0.3, 0.4) is 0 Å². The smallest absolute Gasteiger partial charge is 0.235 e. The third kappa shape index (κ3) is 5.31. The van der Waals surface area contributed by atoms with Crippen molar-refractivity contribution in [3.8, 4) is 56.4 Å². The van der Waals surface area contributed by atoms with Crippen LogP contribution in [0.15, 0.2) is 206 Å². The Labute approximate surface area is 324 Å². The van der Waals surface area contributed by atoms with E-state index in [2.05, 4.69) is 215 Å². The molecule has 8 aromatic carbocycles. The Morgan fingerprint density at radius 1 is 0.268 bits per heavy atom. The highest BCUT2D eigenvalue weighted by Crippen LogP contribution is 2.40. The highest BCUT2D eigenvalue weighted by Gasteiger charge is 2.20. The second-order valence-electron chi connectivity index (χ2n) is 14.3. The summed E-state index contributed by atoms with van der Waals surface area (Å²) >= 11 is 0. The Morgan fingerprint density at radius 2 is 0.643 bits per heavy atom. The summed E-state index contributed by atoms with van der Waals surface area (Å²) in [6.07, 6.45) is 0. The zero-order chi connectivity index (χ0) is 37.0. The van der Waals surface area contributed by atoms with Crippen LogP contribution in [0.5, 0.6) is 0 Å². The first-order valence-electron chi connectivity index (χ1n) is 19.0. The number of benzene rings is 8. The Balaban J connectivity index is 1.15. The van der Waals surface area contributed by atoms with Gasteiger partial charge in [0.1, 0.15) is 0 Å². The van der Waals surface area contributed by atoms with E-state index in [1.54, 1.807) is 0 Å². The van der Waals surface area contributed by atoms with Crippen molar-refractivity contribution in [1.29, 1.82) is 0 Å². The van der Waals surface area contributed by atoms with Crippen LogP contribution < -0.4 is 0 Å². The summed E-state index contributed by atoms with van der Waals surface area (Å²) in [5.74, 6) is 0.633. The normalized spacial score (nSPS) is 11.6. The minimum atomic E-state index is 0.633. The summed E-state index contributed by atoms with van der Waals surface area (Å²) in [6, 6.07) is 73.2. The summed E-state index contributed by atoms with van der Waals surface area (Å²) < 4.78 is 4.63. The van der Waals surface area contributed by atoms with Crippen LogP contribution >= 0.6 is 0 Å². The molecule has 11 rings (SSSR count). The van der Waals surface area contributed by atoms with Crippen LogP contribution in [-0.2, 0) is 0 Å². The first-order chi connectivity index (χ1) is 27.8. The van der Waals surface area contributed by atoms with Gasteiger partial charge < -0.3 is 4.57 Å². The number of para-hydroxylation sites is 3. The molecular weight excluding hydrogens is 681 g/mol. The van der Waals surface area contributed by atoms with Gasteiger partial charge in [-0.15, -0.1) is 0 Å². The minimum absolute atomic E-state index is 0.633. The van der Waals surface area contributed by atoms with Gasteiger partial charge >= 0.3 is 0 Å². The van der Waals surface area contributed by atoms with E-state index in [0.29, 0.717) is 5.95 Å². The number of hydrogen-bond donors (Lipinski definition) is 0. The Hall–Kier alpha value is -7.56. The molecule has 0 saturated heterocycles. The molecule has 0 atom stereocenters. The standard InChI is InChI=1S/C52H34N4/c1-4-14-35(15-5-1)37-24-28-39(29-25-37)46-34-47(40-30-26-38(27-31-40)36-16-6-2-7-17-36)54-52(53-46)56-49-23-13-11-21-43(49)45-32-50-44(33-51(45)56)42-20-10-12-22-48(42)55(50)41-18-8-3-9-19-41/h1-34H.